The molecule has 0 aliphatic rings. The van der Waals surface area contributed by atoms with Crippen LogP contribution in [-0.2, 0) is 11.3 Å². The first-order chi connectivity index (χ1) is 7.65. The number of fused-ring (bicyclic) bond motifs is 1. The third kappa shape index (κ3) is 2.38. The number of anilines is 1. The smallest absolute Gasteiger partial charge is 0.206 e. The number of hydrogen-bond donors (Lipinski definition) is 2. The molecule has 0 fully saturated rings. The van der Waals surface area contributed by atoms with Crippen molar-refractivity contribution in [2.24, 2.45) is 10.1 Å². The minimum atomic E-state index is -2.56. The van der Waals surface area contributed by atoms with E-state index in [1.54, 1.807) is 30.5 Å². The van der Waals surface area contributed by atoms with Crippen molar-refractivity contribution in [1.82, 2.24) is 0 Å². The first-order valence-electron chi connectivity index (χ1n) is 4.33. The van der Waals surface area contributed by atoms with Crippen molar-refractivity contribution in [2.45, 2.75) is 0 Å². The number of furan rings is 1. The minimum absolute atomic E-state index is 0.184. The fourth-order valence-electron chi connectivity index (χ4n) is 1.30. The van der Waals surface area contributed by atoms with Gasteiger partial charge in [-0.15, -0.1) is 0 Å². The molecule has 2 rings (SSSR count). The fraction of sp³-hybridized carbons (Fsp3) is 0. The predicted molar refractivity (Wildman–Crippen MR) is 60.4 cm³/mol. The molecule has 1 heterocycles. The molecule has 0 amide bonds. The molecule has 1 unspecified atom stereocenters. The molecule has 1 atom stereocenters. The molecule has 6 nitrogen and oxygen atoms in total. The molecule has 2 aromatic rings. The second-order valence-corrected chi connectivity index (χ2v) is 3.61. The highest BCUT2D eigenvalue weighted by Crippen LogP contribution is 2.19. The van der Waals surface area contributed by atoms with Crippen LogP contribution in [0.1, 0.15) is 0 Å². The second-order valence-electron chi connectivity index (χ2n) is 2.99. The van der Waals surface area contributed by atoms with Crippen molar-refractivity contribution in [2.75, 3.05) is 5.32 Å². The molecular formula is C9H8N3O3S-. The van der Waals surface area contributed by atoms with Gasteiger partial charge in [-0.3, -0.25) is 0 Å². The van der Waals surface area contributed by atoms with E-state index in [0.717, 1.165) is 11.0 Å². The molecule has 0 saturated heterocycles. The van der Waals surface area contributed by atoms with E-state index in [4.69, 9.17) is 10.2 Å². The van der Waals surface area contributed by atoms with Gasteiger partial charge in [-0.2, -0.15) is 4.40 Å². The molecule has 0 spiro atoms. The molecule has 3 N–H and O–H groups in total. The first kappa shape index (κ1) is 10.7. The maximum atomic E-state index is 10.2. The van der Waals surface area contributed by atoms with E-state index in [1.807, 2.05) is 0 Å². The third-order valence-corrected chi connectivity index (χ3v) is 2.24. The van der Waals surface area contributed by atoms with Crippen LogP contribution >= 0.6 is 0 Å². The monoisotopic (exact) mass is 238 g/mol. The number of hydrogen-bond acceptors (Lipinski definition) is 3. The van der Waals surface area contributed by atoms with Crippen LogP contribution in [0.25, 0.3) is 11.0 Å². The predicted octanol–water partition coefficient (Wildman–Crippen LogP) is 0.954. The lowest BCUT2D eigenvalue weighted by Crippen LogP contribution is -2.22. The lowest BCUT2D eigenvalue weighted by Gasteiger charge is -2.05. The van der Waals surface area contributed by atoms with Crippen molar-refractivity contribution in [1.29, 1.82) is 0 Å². The van der Waals surface area contributed by atoms with E-state index in [0.29, 0.717) is 5.69 Å². The maximum Gasteiger partial charge on any atom is 0.206 e. The Morgan fingerprint density at radius 2 is 2.31 bits per heavy atom. The Bertz CT molecular complexity index is 564. The Labute approximate surface area is 93.6 Å². The fourth-order valence-corrected chi connectivity index (χ4v) is 1.50. The topological polar surface area (TPSA) is 104 Å². The van der Waals surface area contributed by atoms with Gasteiger partial charge in [-0.25, -0.2) is 4.21 Å². The number of nitrogens with zero attached hydrogens (tertiary/aromatic N) is 1. The second kappa shape index (κ2) is 4.33. The zero-order chi connectivity index (χ0) is 11.5. The molecule has 0 radical (unpaired) electrons. The summed E-state index contributed by atoms with van der Waals surface area (Å²) in [7, 11) is 0. The van der Waals surface area contributed by atoms with Gasteiger partial charge in [0.1, 0.15) is 5.58 Å². The number of guanidine groups is 1. The van der Waals surface area contributed by atoms with Gasteiger partial charge >= 0.3 is 0 Å². The van der Waals surface area contributed by atoms with Crippen LogP contribution in [0.15, 0.2) is 39.3 Å². The van der Waals surface area contributed by atoms with Gasteiger partial charge in [-0.1, -0.05) is 0 Å². The summed E-state index contributed by atoms with van der Waals surface area (Å²) < 4.78 is 28.8. The number of rotatable bonds is 2. The van der Waals surface area contributed by atoms with Gasteiger partial charge in [-0.05, 0) is 24.3 Å². The van der Waals surface area contributed by atoms with Crippen LogP contribution in [0, 0.1) is 0 Å². The molecule has 1 aromatic heterocycles. The van der Waals surface area contributed by atoms with Crippen LogP contribution in [-0.4, -0.2) is 14.7 Å². The minimum Gasteiger partial charge on any atom is -0.754 e. The maximum absolute atomic E-state index is 10.2. The molecular weight excluding hydrogens is 230 g/mol. The zero-order valence-corrected chi connectivity index (χ0v) is 8.86. The third-order valence-electron chi connectivity index (χ3n) is 1.90. The van der Waals surface area contributed by atoms with Crippen molar-refractivity contribution in [3.63, 3.8) is 0 Å². The largest absolute Gasteiger partial charge is 0.754 e. The van der Waals surface area contributed by atoms with Crippen LogP contribution in [0.2, 0.25) is 0 Å². The molecule has 84 valence electrons. The van der Waals surface area contributed by atoms with E-state index in [2.05, 4.69) is 9.71 Å². The van der Waals surface area contributed by atoms with Gasteiger partial charge in [0.05, 0.1) is 17.5 Å². The Kier molecular flexibility index (Phi) is 2.88. The van der Waals surface area contributed by atoms with Gasteiger partial charge in [0, 0.05) is 11.1 Å². The summed E-state index contributed by atoms with van der Waals surface area (Å²) in [6, 6.07) is 7.02. The average Bonchev–Trinajstić information content (AvgIpc) is 2.63. The first-order valence-corrected chi connectivity index (χ1v) is 5.36. The van der Waals surface area contributed by atoms with Crippen molar-refractivity contribution in [3.05, 3.63) is 30.5 Å². The van der Waals surface area contributed by atoms with E-state index >= 15 is 0 Å². The number of nitrogens with one attached hydrogen (secondary N) is 1. The Morgan fingerprint density at radius 3 is 3.06 bits per heavy atom. The normalized spacial score (nSPS) is 13.9. The van der Waals surface area contributed by atoms with Gasteiger partial charge in [0.15, 0.2) is 0 Å². The van der Waals surface area contributed by atoms with Crippen LogP contribution in [0.3, 0.4) is 0 Å². The summed E-state index contributed by atoms with van der Waals surface area (Å²) in [5.74, 6) is -0.184. The summed E-state index contributed by atoms with van der Waals surface area (Å²) >= 11 is -2.56. The molecule has 0 aliphatic carbocycles. The van der Waals surface area contributed by atoms with Crippen LogP contribution in [0.5, 0.6) is 0 Å². The van der Waals surface area contributed by atoms with E-state index < -0.39 is 11.3 Å². The number of benzene rings is 1. The van der Waals surface area contributed by atoms with Crippen molar-refractivity contribution in [3.8, 4) is 0 Å². The van der Waals surface area contributed by atoms with Gasteiger partial charge in [0.25, 0.3) is 0 Å². The van der Waals surface area contributed by atoms with E-state index in [9.17, 15) is 8.76 Å². The summed E-state index contributed by atoms with van der Waals surface area (Å²) in [5, 5.41) is 3.54. The average molecular weight is 238 g/mol. The highest BCUT2D eigenvalue weighted by molar-refractivity contribution is 7.77. The Balaban J connectivity index is 2.24. The summed E-state index contributed by atoms with van der Waals surface area (Å²) in [6.07, 6.45) is 1.57. The molecule has 0 saturated carbocycles. The highest BCUT2D eigenvalue weighted by atomic mass is 32.2. The Morgan fingerprint density at radius 1 is 1.50 bits per heavy atom. The molecule has 0 bridgehead atoms. The molecule has 7 heteroatoms. The Hall–Kier alpha value is -1.86. The zero-order valence-electron chi connectivity index (χ0n) is 8.04. The van der Waals surface area contributed by atoms with Crippen LogP contribution in [0.4, 0.5) is 5.69 Å². The molecule has 0 aliphatic heterocycles. The lowest BCUT2D eigenvalue weighted by atomic mass is 10.2. The summed E-state index contributed by atoms with van der Waals surface area (Å²) in [6.45, 7) is 0. The molecule has 1 aromatic carbocycles. The van der Waals surface area contributed by atoms with Crippen molar-refractivity contribution < 1.29 is 13.2 Å². The standard InChI is InChI=1S/C9H9N3O3S/c10-9(12-16(13)14)11-7-1-2-8-6(5-7)3-4-15-8/h1-5H,(H,13,14)(H3,10,11,12)/p-1. The van der Waals surface area contributed by atoms with Crippen molar-refractivity contribution >= 4 is 33.9 Å². The highest BCUT2D eigenvalue weighted by Gasteiger charge is 1.99. The van der Waals surface area contributed by atoms with Gasteiger partial charge in [0.2, 0.25) is 5.96 Å². The number of nitrogens with two attached hydrogens (primary N) is 1. The lowest BCUT2D eigenvalue weighted by molar-refractivity contribution is 0.539. The molecule has 16 heavy (non-hydrogen) atoms. The SMILES string of the molecule is NC(=NS(=O)[O-])Nc1ccc2occc2c1. The van der Waals surface area contributed by atoms with Crippen LogP contribution < -0.4 is 11.1 Å². The summed E-state index contributed by atoms with van der Waals surface area (Å²) in [4.78, 5) is 0. The summed E-state index contributed by atoms with van der Waals surface area (Å²) in [5.41, 5.74) is 6.73. The van der Waals surface area contributed by atoms with E-state index in [-0.39, 0.29) is 5.96 Å². The quantitative estimate of drug-likeness (QED) is 0.460. The van der Waals surface area contributed by atoms with Gasteiger partial charge < -0.3 is 20.0 Å². The van der Waals surface area contributed by atoms with E-state index in [1.165, 1.54) is 0 Å².